The fraction of sp³-hybridized carbons (Fsp3) is 0. The van der Waals surface area contributed by atoms with Gasteiger partial charge in [0.15, 0.2) is 5.76 Å². The summed E-state index contributed by atoms with van der Waals surface area (Å²) >= 11 is 11.9. The number of carbonyl (C=O) groups excluding carboxylic acids is 1. The monoisotopic (exact) mass is 449 g/mol. The molecule has 0 spiro atoms. The molecule has 1 amide bonds. The highest BCUT2D eigenvalue weighted by molar-refractivity contribution is 6.30. The van der Waals surface area contributed by atoms with Crippen LogP contribution in [0.3, 0.4) is 0 Å². The van der Waals surface area contributed by atoms with E-state index in [-0.39, 0.29) is 0 Å². The first-order valence-electron chi connectivity index (χ1n) is 9.40. The largest absolute Gasteiger partial charge is 0.455 e. The summed E-state index contributed by atoms with van der Waals surface area (Å²) < 4.78 is 7.37. The number of hydrogen-bond acceptors (Lipinski definition) is 3. The number of benzene rings is 3. The van der Waals surface area contributed by atoms with Gasteiger partial charge in [0.2, 0.25) is 0 Å². The van der Waals surface area contributed by atoms with Gasteiger partial charge in [-0.1, -0.05) is 53.5 Å². The van der Waals surface area contributed by atoms with Gasteiger partial charge in [-0.25, -0.2) is 4.79 Å². The van der Waals surface area contributed by atoms with Crippen LogP contribution in [0, 0.1) is 0 Å². The Morgan fingerprint density at radius 3 is 2.19 bits per heavy atom. The fourth-order valence-electron chi connectivity index (χ4n) is 2.85. The van der Waals surface area contributed by atoms with E-state index >= 15 is 0 Å². The van der Waals surface area contributed by atoms with Crippen LogP contribution in [0.5, 0.6) is 5.75 Å². The second-order valence-electron chi connectivity index (χ2n) is 6.54. The Kier molecular flexibility index (Phi) is 6.36. The number of ether oxygens (including phenoxy) is 1. The van der Waals surface area contributed by atoms with Crippen molar-refractivity contribution in [1.29, 1.82) is 0 Å². The van der Waals surface area contributed by atoms with Crippen LogP contribution in [-0.4, -0.2) is 15.8 Å². The van der Waals surface area contributed by atoms with Crippen LogP contribution >= 0.6 is 23.2 Å². The maximum atomic E-state index is 12.9. The lowest BCUT2D eigenvalue weighted by Crippen LogP contribution is -2.23. The van der Waals surface area contributed by atoms with Crippen molar-refractivity contribution in [2.45, 2.75) is 0 Å². The number of rotatable bonds is 5. The van der Waals surface area contributed by atoms with Crippen LogP contribution in [0.1, 0.15) is 11.3 Å². The molecule has 0 atom stereocenters. The number of aromatic nitrogens is 2. The van der Waals surface area contributed by atoms with E-state index in [1.807, 2.05) is 36.4 Å². The molecule has 0 bridgehead atoms. The van der Waals surface area contributed by atoms with Gasteiger partial charge in [-0.05, 0) is 66.2 Å². The lowest BCUT2D eigenvalue weighted by Gasteiger charge is -2.13. The Labute approximate surface area is 189 Å². The molecule has 1 aromatic heterocycles. The molecular formula is C24H17Cl2N3O2. The molecule has 0 fully saturated rings. The third kappa shape index (κ3) is 5.34. The van der Waals surface area contributed by atoms with Crippen LogP contribution in [-0.2, 0) is 0 Å². The average molecular weight is 450 g/mol. The average Bonchev–Trinajstić information content (AvgIpc) is 3.27. The number of nitrogens with zero attached hydrogens (tertiary/aromatic N) is 2. The summed E-state index contributed by atoms with van der Waals surface area (Å²) in [6, 6.07) is 24.8. The summed E-state index contributed by atoms with van der Waals surface area (Å²) in [5, 5.41) is 8.18. The van der Waals surface area contributed by atoms with Crippen molar-refractivity contribution in [3.05, 3.63) is 112 Å². The number of nitrogens with one attached hydrogen (secondary N) is 1. The van der Waals surface area contributed by atoms with E-state index in [9.17, 15) is 4.79 Å². The highest BCUT2D eigenvalue weighted by Crippen LogP contribution is 2.25. The van der Waals surface area contributed by atoms with E-state index in [2.05, 4.69) is 10.4 Å². The van der Waals surface area contributed by atoms with Crippen LogP contribution in [0.2, 0.25) is 10.0 Å². The number of anilines is 1. The van der Waals surface area contributed by atoms with Crippen molar-refractivity contribution in [2.75, 3.05) is 5.32 Å². The maximum Gasteiger partial charge on any atom is 0.347 e. The lowest BCUT2D eigenvalue weighted by atomic mass is 10.2. The third-order valence-corrected chi connectivity index (χ3v) is 4.83. The summed E-state index contributed by atoms with van der Waals surface area (Å²) in [6.07, 6.45) is 3.39. The van der Waals surface area contributed by atoms with E-state index in [1.165, 1.54) is 4.68 Å². The van der Waals surface area contributed by atoms with E-state index in [0.717, 1.165) is 5.56 Å². The molecule has 0 unspecified atom stereocenters. The molecule has 31 heavy (non-hydrogen) atoms. The first-order valence-corrected chi connectivity index (χ1v) is 10.2. The molecule has 3 aromatic carbocycles. The predicted molar refractivity (Wildman–Crippen MR) is 124 cm³/mol. The van der Waals surface area contributed by atoms with Crippen molar-refractivity contribution >= 4 is 46.8 Å². The molecule has 0 aliphatic heterocycles. The molecule has 1 N–H and O–H groups in total. The number of hydrogen-bond donors (Lipinski definition) is 1. The smallest absolute Gasteiger partial charge is 0.347 e. The van der Waals surface area contributed by atoms with Crippen molar-refractivity contribution < 1.29 is 9.53 Å². The van der Waals surface area contributed by atoms with Gasteiger partial charge < -0.3 is 10.1 Å². The van der Waals surface area contributed by atoms with E-state index in [0.29, 0.717) is 32.9 Å². The first kappa shape index (κ1) is 20.7. The molecule has 7 heteroatoms. The minimum atomic E-state index is -0.430. The number of amides is 1. The molecule has 0 saturated heterocycles. The minimum absolute atomic E-state index is 0.430. The molecule has 0 aliphatic rings. The normalized spacial score (nSPS) is 11.2. The summed E-state index contributed by atoms with van der Waals surface area (Å²) in [6.45, 7) is 0. The lowest BCUT2D eigenvalue weighted by molar-refractivity contribution is 0.250. The Hall–Kier alpha value is -3.54. The molecule has 0 saturated carbocycles. The van der Waals surface area contributed by atoms with Gasteiger partial charge in [0.25, 0.3) is 0 Å². The van der Waals surface area contributed by atoms with E-state index in [1.54, 1.807) is 60.8 Å². The summed E-state index contributed by atoms with van der Waals surface area (Å²) in [4.78, 5) is 12.9. The van der Waals surface area contributed by atoms with Crippen molar-refractivity contribution in [1.82, 2.24) is 9.78 Å². The zero-order valence-corrected chi connectivity index (χ0v) is 17.7. The number of halogens is 2. The SMILES string of the molecule is O=C(Nc1ccc(Cl)cc1)n1nccc1/C(=C\c1ccccc1)Oc1ccc(Cl)cc1. The molecule has 0 aliphatic carbocycles. The van der Waals surface area contributed by atoms with Crippen LogP contribution in [0.15, 0.2) is 91.1 Å². The predicted octanol–water partition coefficient (Wildman–Crippen LogP) is 6.85. The summed E-state index contributed by atoms with van der Waals surface area (Å²) in [7, 11) is 0. The topological polar surface area (TPSA) is 56.2 Å². The first-order chi connectivity index (χ1) is 15.1. The van der Waals surface area contributed by atoms with Crippen molar-refractivity contribution in [2.24, 2.45) is 0 Å². The van der Waals surface area contributed by atoms with Gasteiger partial charge in [-0.2, -0.15) is 9.78 Å². The second kappa shape index (κ2) is 9.51. The standard InChI is InChI=1S/C24H17Cl2N3O2/c25-18-6-10-20(11-7-18)28-24(30)29-22(14-15-27-29)23(16-17-4-2-1-3-5-17)31-21-12-8-19(26)9-13-21/h1-16H,(H,28,30)/b23-16+. The summed E-state index contributed by atoms with van der Waals surface area (Å²) in [5.74, 6) is 1.04. The van der Waals surface area contributed by atoms with Gasteiger partial charge in [-0.3, -0.25) is 0 Å². The van der Waals surface area contributed by atoms with Gasteiger partial charge in [0.05, 0.1) is 6.20 Å². The third-order valence-electron chi connectivity index (χ3n) is 4.32. The van der Waals surface area contributed by atoms with Gasteiger partial charge >= 0.3 is 6.03 Å². The molecule has 4 rings (SSSR count). The molecule has 4 aromatic rings. The van der Waals surface area contributed by atoms with Crippen LogP contribution in [0.25, 0.3) is 11.8 Å². The highest BCUT2D eigenvalue weighted by atomic mass is 35.5. The molecule has 154 valence electrons. The van der Waals surface area contributed by atoms with Crippen LogP contribution in [0.4, 0.5) is 10.5 Å². The highest BCUT2D eigenvalue weighted by Gasteiger charge is 2.17. The Bertz CT molecular complexity index is 1200. The molecule has 5 nitrogen and oxygen atoms in total. The molecule has 1 heterocycles. The molecule has 0 radical (unpaired) electrons. The maximum absolute atomic E-state index is 12.9. The zero-order chi connectivity index (χ0) is 21.6. The van der Waals surface area contributed by atoms with Crippen molar-refractivity contribution in [3.8, 4) is 5.75 Å². The van der Waals surface area contributed by atoms with E-state index < -0.39 is 6.03 Å². The molecular weight excluding hydrogens is 433 g/mol. The van der Waals surface area contributed by atoms with Gasteiger partial charge in [0, 0.05) is 15.7 Å². The van der Waals surface area contributed by atoms with Crippen molar-refractivity contribution in [3.63, 3.8) is 0 Å². The zero-order valence-electron chi connectivity index (χ0n) is 16.2. The van der Waals surface area contributed by atoms with Gasteiger partial charge in [0.1, 0.15) is 11.4 Å². The Morgan fingerprint density at radius 2 is 1.52 bits per heavy atom. The Balaban J connectivity index is 1.68. The van der Waals surface area contributed by atoms with Crippen LogP contribution < -0.4 is 10.1 Å². The quantitative estimate of drug-likeness (QED) is 0.339. The fourth-order valence-corrected chi connectivity index (χ4v) is 3.10. The summed E-state index contributed by atoms with van der Waals surface area (Å²) in [5.41, 5.74) is 2.01. The minimum Gasteiger partial charge on any atom is -0.455 e. The Morgan fingerprint density at radius 1 is 0.871 bits per heavy atom. The second-order valence-corrected chi connectivity index (χ2v) is 7.41. The van der Waals surface area contributed by atoms with E-state index in [4.69, 9.17) is 27.9 Å². The van der Waals surface area contributed by atoms with Gasteiger partial charge in [-0.15, -0.1) is 0 Å². The number of carbonyl (C=O) groups is 1.